The molecule has 0 amide bonds. The van der Waals surface area contributed by atoms with E-state index in [0.717, 1.165) is 33.9 Å². The van der Waals surface area contributed by atoms with Crippen LogP contribution in [0.1, 0.15) is 30.8 Å². The van der Waals surface area contributed by atoms with Crippen LogP contribution in [0.4, 0.5) is 0 Å². The minimum Gasteiger partial charge on any atom is -0.477 e. The molecule has 3 nitrogen and oxygen atoms in total. The Hall–Kier alpha value is -2.33. The summed E-state index contributed by atoms with van der Waals surface area (Å²) in [5, 5.41) is 3.55. The number of aromatic nitrogens is 2. The Kier molecular flexibility index (Phi) is 4.68. The number of aromatic amines is 1. The molecule has 0 atom stereocenters. The molecule has 2 heterocycles. The number of benzene rings is 2. The highest BCUT2D eigenvalue weighted by Crippen LogP contribution is 2.35. The normalized spacial score (nSPS) is 11.3. The molecule has 132 valence electrons. The minimum absolute atomic E-state index is 0.598. The number of ether oxygens (including phenoxy) is 1. The van der Waals surface area contributed by atoms with Gasteiger partial charge in [-0.15, -0.1) is 0 Å². The Labute approximate surface area is 161 Å². The molecule has 0 aliphatic rings. The van der Waals surface area contributed by atoms with Gasteiger partial charge in [0.25, 0.3) is 0 Å². The van der Waals surface area contributed by atoms with Gasteiger partial charge in [0.05, 0.1) is 27.7 Å². The van der Waals surface area contributed by atoms with Gasteiger partial charge >= 0.3 is 0 Å². The number of H-pyrrole nitrogens is 1. The molecule has 4 heteroatoms. The third-order valence-electron chi connectivity index (χ3n) is 4.64. The van der Waals surface area contributed by atoms with Crippen molar-refractivity contribution in [3.8, 4) is 5.88 Å². The fraction of sp³-hybridized carbons (Fsp3) is 0.227. The Morgan fingerprint density at radius 1 is 1.04 bits per heavy atom. The maximum absolute atomic E-state index is 5.85. The van der Waals surface area contributed by atoms with E-state index in [2.05, 4.69) is 76.4 Å². The molecule has 0 unspecified atom stereocenters. The molecule has 4 aromatic rings. The predicted octanol–water partition coefficient (Wildman–Crippen LogP) is 6.03. The molecule has 0 fully saturated rings. The Balaban J connectivity index is 1.77. The lowest BCUT2D eigenvalue weighted by Crippen LogP contribution is -1.99. The summed E-state index contributed by atoms with van der Waals surface area (Å²) < 4.78 is 6.90. The van der Waals surface area contributed by atoms with Crippen molar-refractivity contribution >= 4 is 37.6 Å². The zero-order valence-corrected chi connectivity index (χ0v) is 16.6. The second-order valence-electron chi connectivity index (χ2n) is 6.40. The molecule has 26 heavy (non-hydrogen) atoms. The minimum atomic E-state index is 0.598. The van der Waals surface area contributed by atoms with Crippen molar-refractivity contribution in [1.82, 2.24) is 9.97 Å². The molecule has 0 spiro atoms. The zero-order chi connectivity index (χ0) is 18.1. The van der Waals surface area contributed by atoms with Crippen LogP contribution >= 0.6 is 15.9 Å². The number of nitrogens with zero attached hydrogens (tertiary/aromatic N) is 1. The molecule has 2 aromatic heterocycles. The van der Waals surface area contributed by atoms with E-state index in [9.17, 15) is 0 Å². The van der Waals surface area contributed by atoms with Crippen molar-refractivity contribution in [2.75, 3.05) is 6.61 Å². The second kappa shape index (κ2) is 7.12. The van der Waals surface area contributed by atoms with Crippen molar-refractivity contribution in [1.29, 1.82) is 0 Å². The van der Waals surface area contributed by atoms with Gasteiger partial charge in [-0.25, -0.2) is 4.98 Å². The van der Waals surface area contributed by atoms with Gasteiger partial charge in [0.2, 0.25) is 5.88 Å². The van der Waals surface area contributed by atoms with Crippen LogP contribution < -0.4 is 4.74 Å². The average molecular weight is 409 g/mol. The molecule has 4 rings (SSSR count). The van der Waals surface area contributed by atoms with Crippen LogP contribution in [0.25, 0.3) is 21.7 Å². The summed E-state index contributed by atoms with van der Waals surface area (Å²) in [6.07, 6.45) is 1.71. The largest absolute Gasteiger partial charge is 0.477 e. The molecular weight excluding hydrogens is 388 g/mol. The van der Waals surface area contributed by atoms with Crippen molar-refractivity contribution in [3.63, 3.8) is 0 Å². The summed E-state index contributed by atoms with van der Waals surface area (Å²) in [7, 11) is 0. The molecule has 0 saturated heterocycles. The smallest absolute Gasteiger partial charge is 0.224 e. The number of hydrogen-bond acceptors (Lipinski definition) is 2. The lowest BCUT2D eigenvalue weighted by Gasteiger charge is -2.09. The third kappa shape index (κ3) is 3.10. The van der Waals surface area contributed by atoms with E-state index in [-0.39, 0.29) is 0 Å². The highest BCUT2D eigenvalue weighted by Gasteiger charge is 2.16. The number of nitrogens with one attached hydrogen (secondary N) is 1. The maximum atomic E-state index is 5.85. The predicted molar refractivity (Wildman–Crippen MR) is 111 cm³/mol. The van der Waals surface area contributed by atoms with E-state index < -0.39 is 0 Å². The standard InChI is InChI=1S/C22H21BrN2O/c1-3-18-21(23)20-19(25-18)13-17(24-22(20)26-4-2)12-14-9-10-15-7-5-6-8-16(15)11-14/h5-11,13,25H,3-4,12H2,1-2H3. The quantitative estimate of drug-likeness (QED) is 0.437. The molecule has 2 aromatic carbocycles. The van der Waals surface area contributed by atoms with E-state index in [4.69, 9.17) is 9.72 Å². The first-order valence-electron chi connectivity index (χ1n) is 9.00. The van der Waals surface area contributed by atoms with E-state index in [1.54, 1.807) is 0 Å². The third-order valence-corrected chi connectivity index (χ3v) is 5.52. The highest BCUT2D eigenvalue weighted by atomic mass is 79.9. The Morgan fingerprint density at radius 2 is 1.85 bits per heavy atom. The van der Waals surface area contributed by atoms with Gasteiger partial charge < -0.3 is 9.72 Å². The Morgan fingerprint density at radius 3 is 2.62 bits per heavy atom. The first-order valence-corrected chi connectivity index (χ1v) is 9.79. The van der Waals surface area contributed by atoms with Gasteiger partial charge in [-0.05, 0) is 51.7 Å². The summed E-state index contributed by atoms with van der Waals surface area (Å²) in [5.74, 6) is 0.698. The molecule has 0 radical (unpaired) electrons. The summed E-state index contributed by atoms with van der Waals surface area (Å²) in [6, 6.07) is 17.2. The van der Waals surface area contributed by atoms with E-state index in [1.807, 2.05) is 6.92 Å². The molecule has 0 bridgehead atoms. The SMILES string of the molecule is CCOc1nc(Cc2ccc3ccccc3c2)cc2[nH]c(CC)c(Br)c12. The van der Waals surface area contributed by atoms with Gasteiger partial charge in [0, 0.05) is 12.1 Å². The lowest BCUT2D eigenvalue weighted by molar-refractivity contribution is 0.330. The van der Waals surface area contributed by atoms with Crippen molar-refractivity contribution < 1.29 is 4.74 Å². The lowest BCUT2D eigenvalue weighted by atomic mass is 10.0. The van der Waals surface area contributed by atoms with Crippen LogP contribution in [-0.4, -0.2) is 16.6 Å². The zero-order valence-electron chi connectivity index (χ0n) is 15.0. The van der Waals surface area contributed by atoms with Gasteiger partial charge in [-0.2, -0.15) is 0 Å². The van der Waals surface area contributed by atoms with E-state index in [0.29, 0.717) is 12.5 Å². The monoisotopic (exact) mass is 408 g/mol. The fourth-order valence-corrected chi connectivity index (χ4v) is 4.15. The summed E-state index contributed by atoms with van der Waals surface area (Å²) >= 11 is 3.70. The Bertz CT molecular complexity index is 1080. The summed E-state index contributed by atoms with van der Waals surface area (Å²) in [5.41, 5.74) is 4.50. The molecule has 1 N–H and O–H groups in total. The number of fused-ring (bicyclic) bond motifs is 2. The summed E-state index contributed by atoms with van der Waals surface area (Å²) in [6.45, 7) is 4.73. The van der Waals surface area contributed by atoms with Crippen molar-refractivity contribution in [2.45, 2.75) is 26.7 Å². The maximum Gasteiger partial charge on any atom is 0.224 e. The molecule has 0 saturated carbocycles. The first-order chi connectivity index (χ1) is 12.7. The van der Waals surface area contributed by atoms with Crippen molar-refractivity contribution in [3.05, 3.63) is 70.0 Å². The summed E-state index contributed by atoms with van der Waals surface area (Å²) in [4.78, 5) is 8.30. The van der Waals surface area contributed by atoms with Crippen LogP contribution in [0.2, 0.25) is 0 Å². The van der Waals surface area contributed by atoms with Gasteiger partial charge in [-0.3, -0.25) is 0 Å². The molecule has 0 aliphatic heterocycles. The van der Waals surface area contributed by atoms with E-state index >= 15 is 0 Å². The van der Waals surface area contributed by atoms with Crippen LogP contribution in [-0.2, 0) is 12.8 Å². The molecular formula is C22H21BrN2O. The number of halogens is 1. The van der Waals surface area contributed by atoms with Gasteiger partial charge in [0.15, 0.2) is 0 Å². The fourth-order valence-electron chi connectivity index (χ4n) is 3.38. The van der Waals surface area contributed by atoms with Crippen LogP contribution in [0.3, 0.4) is 0 Å². The van der Waals surface area contributed by atoms with Crippen molar-refractivity contribution in [2.24, 2.45) is 0 Å². The number of aryl methyl sites for hydroxylation is 1. The highest BCUT2D eigenvalue weighted by molar-refractivity contribution is 9.10. The number of pyridine rings is 1. The van der Waals surface area contributed by atoms with E-state index in [1.165, 1.54) is 22.0 Å². The topological polar surface area (TPSA) is 37.9 Å². The average Bonchev–Trinajstić information content (AvgIpc) is 2.98. The second-order valence-corrected chi connectivity index (χ2v) is 7.20. The van der Waals surface area contributed by atoms with Crippen LogP contribution in [0.5, 0.6) is 5.88 Å². The number of hydrogen-bond donors (Lipinski definition) is 1. The van der Waals surface area contributed by atoms with Crippen LogP contribution in [0, 0.1) is 0 Å². The van der Waals surface area contributed by atoms with Gasteiger partial charge in [-0.1, -0.05) is 49.4 Å². The van der Waals surface area contributed by atoms with Crippen LogP contribution in [0.15, 0.2) is 53.0 Å². The van der Waals surface area contributed by atoms with Gasteiger partial charge in [0.1, 0.15) is 0 Å². The number of rotatable bonds is 5. The first kappa shape index (κ1) is 17.1. The molecule has 0 aliphatic carbocycles.